The zero-order valence-electron chi connectivity index (χ0n) is 8.05. The highest BCUT2D eigenvalue weighted by atomic mass is 16.3. The van der Waals surface area contributed by atoms with E-state index in [1.165, 1.54) is 32.1 Å². The second-order valence-corrected chi connectivity index (χ2v) is 4.75. The summed E-state index contributed by atoms with van der Waals surface area (Å²) in [5.41, 5.74) is -0.254. The molecule has 2 aliphatic carbocycles. The highest BCUT2D eigenvalue weighted by Crippen LogP contribution is 2.46. The quantitative estimate of drug-likeness (QED) is 0.687. The first-order valence-electron chi connectivity index (χ1n) is 5.47. The van der Waals surface area contributed by atoms with Crippen molar-refractivity contribution in [1.82, 2.24) is 0 Å². The summed E-state index contributed by atoms with van der Waals surface area (Å²) < 4.78 is 0. The van der Waals surface area contributed by atoms with E-state index in [1.807, 2.05) is 0 Å². The van der Waals surface area contributed by atoms with Crippen LogP contribution in [0.25, 0.3) is 0 Å². The van der Waals surface area contributed by atoms with Gasteiger partial charge in [-0.3, -0.25) is 0 Å². The molecule has 1 nitrogen and oxygen atoms in total. The minimum absolute atomic E-state index is 0.254. The van der Waals surface area contributed by atoms with Crippen LogP contribution in [0.1, 0.15) is 51.9 Å². The molecule has 0 spiro atoms. The van der Waals surface area contributed by atoms with Crippen molar-refractivity contribution < 1.29 is 5.11 Å². The van der Waals surface area contributed by atoms with E-state index in [4.69, 9.17) is 0 Å². The molecule has 2 aliphatic rings. The summed E-state index contributed by atoms with van der Waals surface area (Å²) >= 11 is 0. The van der Waals surface area contributed by atoms with Crippen molar-refractivity contribution in [3.05, 3.63) is 0 Å². The Labute approximate surface area is 75.2 Å². The maximum atomic E-state index is 10.4. The molecule has 2 unspecified atom stereocenters. The molecule has 2 saturated carbocycles. The Morgan fingerprint density at radius 3 is 2.67 bits per heavy atom. The fourth-order valence-electron chi connectivity index (χ4n) is 2.80. The Bertz CT molecular complexity index is 162. The molecular formula is C11H20O. The van der Waals surface area contributed by atoms with Crippen molar-refractivity contribution >= 4 is 0 Å². The van der Waals surface area contributed by atoms with Crippen LogP contribution in [0, 0.1) is 11.8 Å². The van der Waals surface area contributed by atoms with Crippen LogP contribution in [0.3, 0.4) is 0 Å². The first kappa shape index (κ1) is 8.55. The van der Waals surface area contributed by atoms with Gasteiger partial charge in [-0.1, -0.05) is 32.6 Å². The highest BCUT2D eigenvalue weighted by molar-refractivity contribution is 4.95. The Balaban J connectivity index is 1.95. The van der Waals surface area contributed by atoms with Crippen LogP contribution < -0.4 is 0 Å². The molecule has 2 rings (SSSR count). The Hall–Kier alpha value is -0.0400. The number of hydrogen-bond acceptors (Lipinski definition) is 1. The summed E-state index contributed by atoms with van der Waals surface area (Å²) in [6.45, 7) is 2.22. The standard InChI is InChI=1S/C11H20O/c1-2-10-4-3-7-11(10,12)8-9-5-6-9/h9-10,12H,2-8H2,1H3. The summed E-state index contributed by atoms with van der Waals surface area (Å²) in [6.07, 6.45) is 8.61. The molecule has 0 aromatic rings. The molecule has 12 heavy (non-hydrogen) atoms. The molecule has 0 aliphatic heterocycles. The molecular weight excluding hydrogens is 148 g/mol. The fraction of sp³-hybridized carbons (Fsp3) is 1.00. The predicted molar refractivity (Wildman–Crippen MR) is 49.9 cm³/mol. The van der Waals surface area contributed by atoms with Gasteiger partial charge in [0.2, 0.25) is 0 Å². The summed E-state index contributed by atoms with van der Waals surface area (Å²) in [6, 6.07) is 0. The van der Waals surface area contributed by atoms with Gasteiger partial charge in [0.05, 0.1) is 5.60 Å². The van der Waals surface area contributed by atoms with Crippen molar-refractivity contribution in [2.24, 2.45) is 11.8 Å². The monoisotopic (exact) mass is 168 g/mol. The van der Waals surface area contributed by atoms with E-state index in [0.717, 1.165) is 18.8 Å². The smallest absolute Gasteiger partial charge is 0.0678 e. The molecule has 0 heterocycles. The third kappa shape index (κ3) is 1.52. The van der Waals surface area contributed by atoms with Gasteiger partial charge in [-0.2, -0.15) is 0 Å². The molecule has 1 heteroatoms. The van der Waals surface area contributed by atoms with Crippen molar-refractivity contribution in [3.8, 4) is 0 Å². The predicted octanol–water partition coefficient (Wildman–Crippen LogP) is 2.73. The lowest BCUT2D eigenvalue weighted by Gasteiger charge is -2.29. The number of aliphatic hydroxyl groups is 1. The zero-order chi connectivity index (χ0) is 8.60. The lowest BCUT2D eigenvalue weighted by molar-refractivity contribution is -0.0117. The summed E-state index contributed by atoms with van der Waals surface area (Å²) in [4.78, 5) is 0. The van der Waals surface area contributed by atoms with E-state index in [-0.39, 0.29) is 5.60 Å². The molecule has 1 N–H and O–H groups in total. The molecule has 2 fully saturated rings. The third-order valence-electron chi connectivity index (χ3n) is 3.75. The SMILES string of the molecule is CCC1CCCC1(O)CC1CC1. The van der Waals surface area contributed by atoms with Gasteiger partial charge < -0.3 is 5.11 Å². The lowest BCUT2D eigenvalue weighted by Crippen LogP contribution is -2.33. The lowest BCUT2D eigenvalue weighted by atomic mass is 9.84. The van der Waals surface area contributed by atoms with Crippen LogP contribution in [0.4, 0.5) is 0 Å². The molecule has 70 valence electrons. The van der Waals surface area contributed by atoms with Crippen LogP contribution in [-0.2, 0) is 0 Å². The Morgan fingerprint density at radius 1 is 1.33 bits per heavy atom. The zero-order valence-corrected chi connectivity index (χ0v) is 8.05. The number of hydrogen-bond donors (Lipinski definition) is 1. The topological polar surface area (TPSA) is 20.2 Å². The van der Waals surface area contributed by atoms with Crippen molar-refractivity contribution in [1.29, 1.82) is 0 Å². The van der Waals surface area contributed by atoms with Crippen LogP contribution in [-0.4, -0.2) is 10.7 Å². The van der Waals surface area contributed by atoms with Gasteiger partial charge in [0.15, 0.2) is 0 Å². The van der Waals surface area contributed by atoms with Crippen molar-refractivity contribution in [3.63, 3.8) is 0 Å². The average Bonchev–Trinajstić information content (AvgIpc) is 2.74. The normalized spacial score (nSPS) is 42.0. The van der Waals surface area contributed by atoms with Gasteiger partial charge in [-0.05, 0) is 31.1 Å². The van der Waals surface area contributed by atoms with E-state index in [2.05, 4.69) is 6.92 Å². The second-order valence-electron chi connectivity index (χ2n) is 4.75. The summed E-state index contributed by atoms with van der Waals surface area (Å²) in [5, 5.41) is 10.4. The minimum atomic E-state index is -0.254. The molecule has 2 atom stereocenters. The van der Waals surface area contributed by atoms with Gasteiger partial charge in [0, 0.05) is 0 Å². The second kappa shape index (κ2) is 3.02. The molecule has 0 saturated heterocycles. The maximum absolute atomic E-state index is 10.4. The van der Waals surface area contributed by atoms with Crippen LogP contribution >= 0.6 is 0 Å². The number of rotatable bonds is 3. The van der Waals surface area contributed by atoms with Gasteiger partial charge in [0.1, 0.15) is 0 Å². The Kier molecular flexibility index (Phi) is 2.16. The molecule has 0 bridgehead atoms. The molecule has 0 radical (unpaired) electrons. The first-order chi connectivity index (χ1) is 5.74. The summed E-state index contributed by atoms with van der Waals surface area (Å²) in [5.74, 6) is 1.49. The van der Waals surface area contributed by atoms with Crippen LogP contribution in [0.2, 0.25) is 0 Å². The first-order valence-corrected chi connectivity index (χ1v) is 5.47. The van der Waals surface area contributed by atoms with Crippen molar-refractivity contribution in [2.75, 3.05) is 0 Å². The van der Waals surface area contributed by atoms with Crippen LogP contribution in [0.15, 0.2) is 0 Å². The van der Waals surface area contributed by atoms with Crippen molar-refractivity contribution in [2.45, 2.75) is 57.5 Å². The van der Waals surface area contributed by atoms with Gasteiger partial charge in [0.25, 0.3) is 0 Å². The Morgan fingerprint density at radius 2 is 2.08 bits per heavy atom. The van der Waals surface area contributed by atoms with E-state index < -0.39 is 0 Å². The summed E-state index contributed by atoms with van der Waals surface area (Å²) in [7, 11) is 0. The average molecular weight is 168 g/mol. The largest absolute Gasteiger partial charge is 0.390 e. The van der Waals surface area contributed by atoms with E-state index in [0.29, 0.717) is 5.92 Å². The van der Waals surface area contributed by atoms with Crippen LogP contribution in [0.5, 0.6) is 0 Å². The van der Waals surface area contributed by atoms with Gasteiger partial charge in [-0.15, -0.1) is 0 Å². The van der Waals surface area contributed by atoms with E-state index in [1.54, 1.807) is 0 Å². The maximum Gasteiger partial charge on any atom is 0.0678 e. The molecule has 0 aromatic carbocycles. The molecule has 0 aromatic heterocycles. The van der Waals surface area contributed by atoms with E-state index >= 15 is 0 Å². The fourth-order valence-corrected chi connectivity index (χ4v) is 2.80. The third-order valence-corrected chi connectivity index (χ3v) is 3.75. The van der Waals surface area contributed by atoms with E-state index in [9.17, 15) is 5.11 Å². The highest BCUT2D eigenvalue weighted by Gasteiger charge is 2.43. The van der Waals surface area contributed by atoms with Gasteiger partial charge >= 0.3 is 0 Å². The minimum Gasteiger partial charge on any atom is -0.390 e. The molecule has 0 amide bonds. The van der Waals surface area contributed by atoms with Gasteiger partial charge in [-0.25, -0.2) is 0 Å².